The number of urea groups is 2. The zero-order chi connectivity index (χ0) is 17.1. The molecule has 2 N–H and O–H groups in total. The van der Waals surface area contributed by atoms with E-state index < -0.39 is 18.4 Å². The molecule has 24 heavy (non-hydrogen) atoms. The molecular weight excluding hydrogens is 319 g/mol. The molecule has 125 valence electrons. The second-order valence-corrected chi connectivity index (χ2v) is 6.04. The molecule has 5 amide bonds. The number of hydrogen-bond donors (Lipinski definition) is 2. The summed E-state index contributed by atoms with van der Waals surface area (Å²) in [4.78, 5) is 38.9. The average Bonchev–Trinajstić information content (AvgIpc) is 2.45. The number of rotatable bonds is 4. The standard InChI is InChI=1S/C16H22N4O3.Na/c1-10(2)9-19(12(4)21)14-17-15(22)20(16(23)18-14)13-7-5-11(3)6-8-13;/h5-8,10,14H,9H2,1-4H3,(H,17,22)(H,18,23);. The summed E-state index contributed by atoms with van der Waals surface area (Å²) < 4.78 is 0. The quantitative estimate of drug-likeness (QED) is 0.817. The largest absolute Gasteiger partial charge is 0.333 e. The van der Waals surface area contributed by atoms with E-state index in [-0.39, 0.29) is 41.4 Å². The predicted molar refractivity (Wildman–Crippen MR) is 92.5 cm³/mol. The molecule has 8 heteroatoms. The van der Waals surface area contributed by atoms with Gasteiger partial charge in [-0.25, -0.2) is 14.5 Å². The number of anilines is 1. The van der Waals surface area contributed by atoms with Crippen molar-refractivity contribution in [3.8, 4) is 0 Å². The third kappa shape index (κ3) is 4.72. The number of amides is 5. The van der Waals surface area contributed by atoms with E-state index in [0.717, 1.165) is 10.5 Å². The van der Waals surface area contributed by atoms with Crippen LogP contribution in [0.25, 0.3) is 0 Å². The number of carbonyl (C=O) groups is 3. The molecule has 1 aliphatic rings. The summed E-state index contributed by atoms with van der Waals surface area (Å²) >= 11 is 0. The van der Waals surface area contributed by atoms with Crippen molar-refractivity contribution in [3.05, 3.63) is 29.8 Å². The van der Waals surface area contributed by atoms with Gasteiger partial charge in [-0.1, -0.05) is 31.5 Å². The van der Waals surface area contributed by atoms with Crippen molar-refractivity contribution in [2.24, 2.45) is 5.92 Å². The van der Waals surface area contributed by atoms with Gasteiger partial charge in [-0.3, -0.25) is 15.4 Å². The second-order valence-electron chi connectivity index (χ2n) is 6.04. The minimum Gasteiger partial charge on any atom is -0.305 e. The van der Waals surface area contributed by atoms with Crippen molar-refractivity contribution < 1.29 is 14.4 Å². The van der Waals surface area contributed by atoms with Gasteiger partial charge in [0.15, 0.2) is 6.29 Å². The van der Waals surface area contributed by atoms with E-state index >= 15 is 0 Å². The molecule has 1 aromatic rings. The van der Waals surface area contributed by atoms with E-state index in [1.807, 2.05) is 32.9 Å². The number of aryl methyl sites for hydroxylation is 1. The van der Waals surface area contributed by atoms with E-state index in [1.54, 1.807) is 12.1 Å². The second kappa shape index (κ2) is 8.50. The fourth-order valence-corrected chi connectivity index (χ4v) is 2.38. The van der Waals surface area contributed by atoms with Crippen LogP contribution in [0.2, 0.25) is 0 Å². The van der Waals surface area contributed by atoms with E-state index in [1.165, 1.54) is 11.8 Å². The van der Waals surface area contributed by atoms with Gasteiger partial charge >= 0.3 is 12.1 Å². The van der Waals surface area contributed by atoms with Gasteiger partial charge in [0.25, 0.3) is 0 Å². The van der Waals surface area contributed by atoms with Crippen molar-refractivity contribution in [1.29, 1.82) is 0 Å². The van der Waals surface area contributed by atoms with Gasteiger partial charge in [-0.15, -0.1) is 0 Å². The zero-order valence-corrected chi connectivity index (χ0v) is 16.8. The molecule has 0 aromatic heterocycles. The van der Waals surface area contributed by atoms with E-state index in [4.69, 9.17) is 0 Å². The molecule has 0 aliphatic carbocycles. The number of carbonyl (C=O) groups excluding carboxylic acids is 3. The maximum absolute atomic E-state index is 12.3. The minimum absolute atomic E-state index is 0. The number of nitrogens with one attached hydrogen (secondary N) is 2. The SMILES string of the molecule is CC(=O)N(CC(C)C)C1NC(=O)N(c2ccc(C)cc2)C(=O)N1.[Na]. The summed E-state index contributed by atoms with van der Waals surface area (Å²) in [5.41, 5.74) is 1.51. The first-order chi connectivity index (χ1) is 10.8. The van der Waals surface area contributed by atoms with Crippen LogP contribution in [-0.4, -0.2) is 65.3 Å². The van der Waals surface area contributed by atoms with E-state index in [2.05, 4.69) is 10.6 Å². The van der Waals surface area contributed by atoms with E-state index in [0.29, 0.717) is 12.2 Å². The van der Waals surface area contributed by atoms with Gasteiger partial charge in [0, 0.05) is 43.0 Å². The normalized spacial score (nSPS) is 14.8. The van der Waals surface area contributed by atoms with Crippen LogP contribution in [0.15, 0.2) is 24.3 Å². The topological polar surface area (TPSA) is 81.8 Å². The van der Waals surface area contributed by atoms with Gasteiger partial charge in [0.1, 0.15) is 0 Å². The monoisotopic (exact) mass is 341 g/mol. The van der Waals surface area contributed by atoms with Crippen molar-refractivity contribution in [2.75, 3.05) is 11.4 Å². The first-order valence-corrected chi connectivity index (χ1v) is 7.54. The summed E-state index contributed by atoms with van der Waals surface area (Å²) in [7, 11) is 0. The zero-order valence-electron chi connectivity index (χ0n) is 14.8. The molecule has 1 saturated heterocycles. The Kier molecular flexibility index (Phi) is 7.26. The Morgan fingerprint density at radius 2 is 1.67 bits per heavy atom. The summed E-state index contributed by atoms with van der Waals surface area (Å²) in [6, 6.07) is 5.93. The van der Waals surface area contributed by atoms with Crippen LogP contribution in [0.1, 0.15) is 26.3 Å². The van der Waals surface area contributed by atoms with Crippen LogP contribution < -0.4 is 15.5 Å². The van der Waals surface area contributed by atoms with E-state index in [9.17, 15) is 14.4 Å². The van der Waals surface area contributed by atoms with Crippen molar-refractivity contribution in [3.63, 3.8) is 0 Å². The van der Waals surface area contributed by atoms with Crippen molar-refractivity contribution in [2.45, 2.75) is 34.0 Å². The molecule has 1 heterocycles. The van der Waals surface area contributed by atoms with Crippen molar-refractivity contribution in [1.82, 2.24) is 15.5 Å². The van der Waals surface area contributed by atoms with Gasteiger partial charge in [0.05, 0.1) is 5.69 Å². The number of hydrogen-bond acceptors (Lipinski definition) is 3. The maximum Gasteiger partial charge on any atom is 0.333 e. The molecule has 0 atom stereocenters. The van der Waals surface area contributed by atoms with Crippen LogP contribution in [0, 0.1) is 12.8 Å². The summed E-state index contributed by atoms with van der Waals surface area (Å²) in [5.74, 6) is -0.00378. The predicted octanol–water partition coefficient (Wildman–Crippen LogP) is 1.64. The Morgan fingerprint density at radius 3 is 2.08 bits per heavy atom. The molecular formula is C16H22N4NaO3. The first kappa shape index (κ1) is 20.5. The average molecular weight is 341 g/mol. The molecule has 7 nitrogen and oxygen atoms in total. The summed E-state index contributed by atoms with van der Waals surface area (Å²) in [5, 5.41) is 5.31. The number of nitrogens with zero attached hydrogens (tertiary/aromatic N) is 2. The Balaban J connectivity index is 0.00000288. The Labute approximate surface area is 164 Å². The Morgan fingerprint density at radius 1 is 1.17 bits per heavy atom. The van der Waals surface area contributed by atoms with Crippen LogP contribution >= 0.6 is 0 Å². The van der Waals surface area contributed by atoms with Crippen LogP contribution in [-0.2, 0) is 4.79 Å². The molecule has 0 bridgehead atoms. The molecule has 2 rings (SSSR count). The number of benzene rings is 1. The first-order valence-electron chi connectivity index (χ1n) is 7.54. The smallest absolute Gasteiger partial charge is 0.305 e. The van der Waals surface area contributed by atoms with Gasteiger partial charge in [-0.05, 0) is 25.0 Å². The summed E-state index contributed by atoms with van der Waals surface area (Å²) in [6.07, 6.45) is -0.836. The fraction of sp³-hybridized carbons (Fsp3) is 0.438. The van der Waals surface area contributed by atoms with Crippen molar-refractivity contribution >= 4 is 53.2 Å². The van der Waals surface area contributed by atoms with Crippen LogP contribution in [0.5, 0.6) is 0 Å². The van der Waals surface area contributed by atoms with Gasteiger partial charge in [-0.2, -0.15) is 0 Å². The third-order valence-electron chi connectivity index (χ3n) is 3.50. The third-order valence-corrected chi connectivity index (χ3v) is 3.50. The van der Waals surface area contributed by atoms with Crippen LogP contribution in [0.4, 0.5) is 15.3 Å². The molecule has 0 unspecified atom stereocenters. The van der Waals surface area contributed by atoms with Gasteiger partial charge < -0.3 is 4.90 Å². The molecule has 0 spiro atoms. The Bertz CT molecular complexity index is 600. The fourth-order valence-electron chi connectivity index (χ4n) is 2.38. The minimum atomic E-state index is -0.836. The molecule has 1 aliphatic heterocycles. The Hall–Kier alpha value is -1.57. The maximum atomic E-state index is 12.3. The number of imide groups is 1. The molecule has 1 fully saturated rings. The van der Waals surface area contributed by atoms with Gasteiger partial charge in [0.2, 0.25) is 5.91 Å². The summed E-state index contributed by atoms with van der Waals surface area (Å²) in [6.45, 7) is 7.69. The molecule has 0 saturated carbocycles. The molecule has 1 radical (unpaired) electrons. The van der Waals surface area contributed by atoms with Crippen LogP contribution in [0.3, 0.4) is 0 Å². The molecule has 1 aromatic carbocycles.